The molecule has 0 aliphatic carbocycles. The van der Waals surface area contributed by atoms with E-state index in [2.05, 4.69) is 0 Å². The third kappa shape index (κ3) is 2.63. The van der Waals surface area contributed by atoms with Gasteiger partial charge in [-0.3, -0.25) is 10.1 Å². The summed E-state index contributed by atoms with van der Waals surface area (Å²) in [4.78, 5) is 34.7. The van der Waals surface area contributed by atoms with E-state index in [0.29, 0.717) is 16.5 Å². The number of carbonyl (C=O) groups is 2. The minimum Gasteiger partial charge on any atom is -0.496 e. The van der Waals surface area contributed by atoms with Crippen LogP contribution in [-0.2, 0) is 4.74 Å². The molecule has 0 spiro atoms. The Labute approximate surface area is 152 Å². The summed E-state index contributed by atoms with van der Waals surface area (Å²) in [6.45, 7) is 0. The fourth-order valence-corrected chi connectivity index (χ4v) is 2.97. The largest absolute Gasteiger partial charge is 0.496 e. The molecule has 0 unspecified atom stereocenters. The molecular formula is C19H11NO7. The van der Waals surface area contributed by atoms with Gasteiger partial charge in [-0.25, -0.2) is 9.59 Å². The second kappa shape index (κ2) is 6.10. The average Bonchev–Trinajstić information content (AvgIpc) is 2.67. The van der Waals surface area contributed by atoms with Gasteiger partial charge in [-0.2, -0.15) is 0 Å². The fourth-order valence-electron chi connectivity index (χ4n) is 2.97. The standard InChI is InChI=1S/C19H11NO7/c1-25-10-5-7-16(14(9-10)20(23)24)26-15-8-6-13-17-11(15)3-2-4-12(17)18(21)27-19(13)22/h2-9H,1H3. The zero-order valence-electron chi connectivity index (χ0n) is 13.9. The Morgan fingerprint density at radius 1 is 0.963 bits per heavy atom. The van der Waals surface area contributed by atoms with Crippen LogP contribution in [0.5, 0.6) is 17.2 Å². The molecule has 0 radical (unpaired) electrons. The van der Waals surface area contributed by atoms with Crippen molar-refractivity contribution < 1.29 is 28.7 Å². The van der Waals surface area contributed by atoms with E-state index in [1.807, 2.05) is 0 Å². The number of cyclic esters (lactones) is 2. The van der Waals surface area contributed by atoms with Crippen LogP contribution < -0.4 is 9.47 Å². The van der Waals surface area contributed by atoms with E-state index in [1.54, 1.807) is 18.2 Å². The molecule has 8 heteroatoms. The van der Waals surface area contributed by atoms with Crippen LogP contribution in [0.3, 0.4) is 0 Å². The van der Waals surface area contributed by atoms with Gasteiger partial charge in [0.05, 0.1) is 29.2 Å². The van der Waals surface area contributed by atoms with Crippen LogP contribution in [0, 0.1) is 10.1 Å². The topological polar surface area (TPSA) is 105 Å². The molecule has 27 heavy (non-hydrogen) atoms. The van der Waals surface area contributed by atoms with Gasteiger partial charge in [0, 0.05) is 10.8 Å². The van der Waals surface area contributed by atoms with Crippen molar-refractivity contribution in [3.63, 3.8) is 0 Å². The summed E-state index contributed by atoms with van der Waals surface area (Å²) in [6.07, 6.45) is 0. The lowest BCUT2D eigenvalue weighted by Gasteiger charge is -2.17. The first kappa shape index (κ1) is 16.5. The summed E-state index contributed by atoms with van der Waals surface area (Å²) >= 11 is 0. The number of ether oxygens (including phenoxy) is 3. The predicted octanol–water partition coefficient (Wildman–Crippen LogP) is 3.86. The van der Waals surface area contributed by atoms with Crippen LogP contribution in [0.1, 0.15) is 20.7 Å². The quantitative estimate of drug-likeness (QED) is 0.299. The van der Waals surface area contributed by atoms with Crippen molar-refractivity contribution in [2.75, 3.05) is 7.11 Å². The zero-order valence-corrected chi connectivity index (χ0v) is 13.9. The van der Waals surface area contributed by atoms with Crippen LogP contribution in [0.4, 0.5) is 5.69 Å². The van der Waals surface area contributed by atoms with E-state index in [9.17, 15) is 19.7 Å². The summed E-state index contributed by atoms with van der Waals surface area (Å²) < 4.78 is 15.5. The molecule has 3 aromatic carbocycles. The van der Waals surface area contributed by atoms with Gasteiger partial charge in [-0.05, 0) is 30.3 Å². The SMILES string of the molecule is COc1ccc(Oc2ccc3c4c(cccc24)C(=O)OC3=O)c([N+](=O)[O-])c1. The molecule has 0 bridgehead atoms. The van der Waals surface area contributed by atoms with Gasteiger partial charge in [0.15, 0.2) is 0 Å². The lowest BCUT2D eigenvalue weighted by Crippen LogP contribution is -2.19. The Kier molecular flexibility index (Phi) is 3.73. The highest BCUT2D eigenvalue weighted by molar-refractivity contribution is 6.21. The van der Waals surface area contributed by atoms with Crippen molar-refractivity contribution in [3.05, 3.63) is 69.8 Å². The van der Waals surface area contributed by atoms with Gasteiger partial charge < -0.3 is 14.2 Å². The molecule has 3 aromatic rings. The number of hydrogen-bond acceptors (Lipinski definition) is 7. The Morgan fingerprint density at radius 3 is 2.37 bits per heavy atom. The van der Waals surface area contributed by atoms with Crippen LogP contribution in [0.15, 0.2) is 48.5 Å². The molecule has 1 aliphatic rings. The maximum atomic E-state index is 12.0. The maximum Gasteiger partial charge on any atom is 0.346 e. The van der Waals surface area contributed by atoms with Crippen molar-refractivity contribution in [2.24, 2.45) is 0 Å². The number of esters is 2. The molecule has 1 heterocycles. The molecule has 0 amide bonds. The number of nitro benzene ring substituents is 1. The van der Waals surface area contributed by atoms with Crippen molar-refractivity contribution in [1.29, 1.82) is 0 Å². The lowest BCUT2D eigenvalue weighted by atomic mass is 9.96. The van der Waals surface area contributed by atoms with E-state index < -0.39 is 16.9 Å². The molecule has 0 fully saturated rings. The third-order valence-corrected chi connectivity index (χ3v) is 4.21. The minimum atomic E-state index is -0.745. The summed E-state index contributed by atoms with van der Waals surface area (Å²) in [5, 5.41) is 12.2. The maximum absolute atomic E-state index is 12.0. The normalized spacial score (nSPS) is 12.6. The first-order chi connectivity index (χ1) is 13.0. The molecule has 1 aliphatic heterocycles. The highest BCUT2D eigenvalue weighted by atomic mass is 16.6. The molecule has 0 saturated heterocycles. The zero-order chi connectivity index (χ0) is 19.1. The summed E-state index contributed by atoms with van der Waals surface area (Å²) in [5.74, 6) is -0.895. The molecule has 8 nitrogen and oxygen atoms in total. The Hall–Kier alpha value is -3.94. The molecule has 0 saturated carbocycles. The minimum absolute atomic E-state index is 0.00576. The fraction of sp³-hybridized carbons (Fsp3) is 0.0526. The Morgan fingerprint density at radius 2 is 1.67 bits per heavy atom. The molecule has 4 rings (SSSR count). The lowest BCUT2D eigenvalue weighted by molar-refractivity contribution is -0.385. The monoisotopic (exact) mass is 365 g/mol. The number of benzene rings is 3. The number of nitrogens with zero attached hydrogens (tertiary/aromatic N) is 1. The second-order valence-corrected chi connectivity index (χ2v) is 5.71. The predicted molar refractivity (Wildman–Crippen MR) is 93.4 cm³/mol. The Bertz CT molecular complexity index is 1120. The number of rotatable bonds is 4. The first-order valence-corrected chi connectivity index (χ1v) is 7.82. The number of hydrogen-bond donors (Lipinski definition) is 0. The molecule has 134 valence electrons. The highest BCUT2D eigenvalue weighted by Gasteiger charge is 2.28. The van der Waals surface area contributed by atoms with Gasteiger partial charge in [0.2, 0.25) is 5.75 Å². The van der Waals surface area contributed by atoms with Crippen LogP contribution in [-0.4, -0.2) is 24.0 Å². The summed E-state index contributed by atoms with van der Waals surface area (Å²) in [7, 11) is 1.40. The van der Waals surface area contributed by atoms with Crippen molar-refractivity contribution in [1.82, 2.24) is 0 Å². The van der Waals surface area contributed by atoms with Gasteiger partial charge in [0.25, 0.3) is 0 Å². The highest BCUT2D eigenvalue weighted by Crippen LogP contribution is 2.39. The van der Waals surface area contributed by atoms with Gasteiger partial charge in [-0.15, -0.1) is 0 Å². The Balaban J connectivity index is 1.88. The van der Waals surface area contributed by atoms with Crippen LogP contribution in [0.25, 0.3) is 10.8 Å². The van der Waals surface area contributed by atoms with Gasteiger partial charge in [0.1, 0.15) is 11.5 Å². The number of nitro groups is 1. The molecule has 0 aromatic heterocycles. The van der Waals surface area contributed by atoms with Crippen molar-refractivity contribution in [3.8, 4) is 17.2 Å². The van der Waals surface area contributed by atoms with E-state index in [0.717, 1.165) is 0 Å². The smallest absolute Gasteiger partial charge is 0.346 e. The van der Waals surface area contributed by atoms with Crippen molar-refractivity contribution >= 4 is 28.4 Å². The van der Waals surface area contributed by atoms with Crippen molar-refractivity contribution in [2.45, 2.75) is 0 Å². The molecular weight excluding hydrogens is 354 g/mol. The first-order valence-electron chi connectivity index (χ1n) is 7.82. The van der Waals surface area contributed by atoms with Crippen LogP contribution in [0.2, 0.25) is 0 Å². The number of methoxy groups -OCH3 is 1. The number of carbonyl (C=O) groups excluding carboxylic acids is 2. The van der Waals surface area contributed by atoms with Crippen LogP contribution >= 0.6 is 0 Å². The van der Waals surface area contributed by atoms with Gasteiger partial charge >= 0.3 is 17.6 Å². The molecule has 0 atom stereocenters. The van der Waals surface area contributed by atoms with E-state index in [4.69, 9.17) is 14.2 Å². The van der Waals surface area contributed by atoms with E-state index in [-0.39, 0.29) is 28.3 Å². The van der Waals surface area contributed by atoms with Gasteiger partial charge in [-0.1, -0.05) is 12.1 Å². The molecule has 0 N–H and O–H groups in total. The summed E-state index contributed by atoms with van der Waals surface area (Å²) in [6, 6.07) is 12.0. The average molecular weight is 365 g/mol. The summed E-state index contributed by atoms with van der Waals surface area (Å²) in [5.41, 5.74) is 0.193. The van der Waals surface area contributed by atoms with E-state index >= 15 is 0 Å². The second-order valence-electron chi connectivity index (χ2n) is 5.71. The van der Waals surface area contributed by atoms with E-state index in [1.165, 1.54) is 37.4 Å². The third-order valence-electron chi connectivity index (χ3n) is 4.21.